The minimum Gasteiger partial charge on any atom is -0.261 e. The quantitative estimate of drug-likeness (QED) is 0.236. The molecule has 0 saturated carbocycles. The first kappa shape index (κ1) is 23.9. The highest BCUT2D eigenvalue weighted by molar-refractivity contribution is 6.42. The lowest BCUT2D eigenvalue weighted by molar-refractivity contribution is -0.127. The zero-order valence-corrected chi connectivity index (χ0v) is 18.6. The van der Waals surface area contributed by atoms with Crippen molar-refractivity contribution in [3.8, 4) is 6.19 Å². The van der Waals surface area contributed by atoms with Gasteiger partial charge in [0.1, 0.15) is 0 Å². The summed E-state index contributed by atoms with van der Waals surface area (Å²) >= 11 is 12.2. The van der Waals surface area contributed by atoms with Gasteiger partial charge in [0.25, 0.3) is 0 Å². The van der Waals surface area contributed by atoms with Crippen LogP contribution in [0.2, 0.25) is 10.0 Å². The van der Waals surface area contributed by atoms with Crippen LogP contribution in [0.4, 0.5) is 18.9 Å². The summed E-state index contributed by atoms with van der Waals surface area (Å²) in [5.41, 5.74) is 1.96. The Labute approximate surface area is 194 Å². The monoisotopic (exact) mass is 481 g/mol. The summed E-state index contributed by atoms with van der Waals surface area (Å²) in [4.78, 5) is 4.36. The number of guanidine groups is 1. The van der Waals surface area contributed by atoms with E-state index in [0.717, 1.165) is 24.1 Å². The fourth-order valence-electron chi connectivity index (χ4n) is 3.50. The van der Waals surface area contributed by atoms with Crippen LogP contribution in [-0.2, 0) is 6.42 Å². The molecule has 1 unspecified atom stereocenters. The maximum absolute atomic E-state index is 12.7. The Bertz CT molecular complexity index is 1080. The van der Waals surface area contributed by atoms with Crippen molar-refractivity contribution in [3.63, 3.8) is 0 Å². The molecule has 1 aliphatic heterocycles. The van der Waals surface area contributed by atoms with Crippen LogP contribution in [-0.4, -0.2) is 29.4 Å². The third-order valence-corrected chi connectivity index (χ3v) is 5.56. The van der Waals surface area contributed by atoms with E-state index in [1.807, 2.05) is 12.3 Å². The van der Waals surface area contributed by atoms with Gasteiger partial charge in [-0.3, -0.25) is 5.32 Å². The molecular weight excluding hydrogens is 462 g/mol. The van der Waals surface area contributed by atoms with E-state index in [2.05, 4.69) is 22.3 Å². The number of benzene rings is 2. The number of halogens is 5. The molecule has 0 radical (unpaired) electrons. The van der Waals surface area contributed by atoms with Crippen molar-refractivity contribution in [1.29, 1.82) is 5.26 Å². The highest BCUT2D eigenvalue weighted by atomic mass is 35.5. The van der Waals surface area contributed by atoms with E-state index in [1.54, 1.807) is 23.2 Å². The van der Waals surface area contributed by atoms with Crippen molar-refractivity contribution >= 4 is 40.6 Å². The summed E-state index contributed by atoms with van der Waals surface area (Å²) in [6.07, 6.45) is -1.80. The second-order valence-corrected chi connectivity index (χ2v) is 8.13. The summed E-state index contributed by atoms with van der Waals surface area (Å²) in [6, 6.07) is 11.1. The van der Waals surface area contributed by atoms with Crippen LogP contribution in [0.3, 0.4) is 0 Å². The first-order valence-electron chi connectivity index (χ1n) is 9.91. The van der Waals surface area contributed by atoms with Gasteiger partial charge in [0.15, 0.2) is 6.19 Å². The van der Waals surface area contributed by atoms with Gasteiger partial charge >= 0.3 is 6.18 Å². The molecule has 0 bridgehead atoms. The maximum atomic E-state index is 12.7. The Morgan fingerprint density at radius 3 is 2.69 bits per heavy atom. The Morgan fingerprint density at radius 1 is 1.25 bits per heavy atom. The van der Waals surface area contributed by atoms with Gasteiger partial charge in [0, 0.05) is 5.92 Å². The van der Waals surface area contributed by atoms with Crippen molar-refractivity contribution in [1.82, 2.24) is 10.3 Å². The van der Waals surface area contributed by atoms with Crippen molar-refractivity contribution in [2.75, 3.05) is 6.54 Å². The Kier molecular flexibility index (Phi) is 7.64. The summed E-state index contributed by atoms with van der Waals surface area (Å²) in [5.74, 6) is 0.187. The van der Waals surface area contributed by atoms with Crippen LogP contribution in [0.25, 0.3) is 0 Å². The Morgan fingerprint density at radius 2 is 2.03 bits per heavy atom. The highest BCUT2D eigenvalue weighted by Crippen LogP contribution is 2.29. The van der Waals surface area contributed by atoms with Gasteiger partial charge in [0.2, 0.25) is 5.96 Å². The average Bonchev–Trinajstić information content (AvgIpc) is 3.13. The van der Waals surface area contributed by atoms with E-state index in [1.165, 1.54) is 18.2 Å². The largest absolute Gasteiger partial charge is 0.393 e. The maximum Gasteiger partial charge on any atom is 0.393 e. The fourth-order valence-corrected chi connectivity index (χ4v) is 3.79. The number of hydrogen-bond acceptors (Lipinski definition) is 3. The molecule has 0 aromatic heterocycles. The molecule has 1 atom stereocenters. The molecule has 5 nitrogen and oxygen atoms in total. The van der Waals surface area contributed by atoms with Gasteiger partial charge in [-0.15, -0.1) is 0 Å². The molecule has 2 aromatic rings. The molecule has 1 heterocycles. The topological polar surface area (TPSA) is 63.8 Å². The minimum absolute atomic E-state index is 0.0551. The van der Waals surface area contributed by atoms with Gasteiger partial charge in [-0.2, -0.15) is 23.5 Å². The summed E-state index contributed by atoms with van der Waals surface area (Å²) in [6.45, 7) is 2.52. The lowest BCUT2D eigenvalue weighted by atomic mass is 9.93. The van der Waals surface area contributed by atoms with Crippen molar-refractivity contribution in [3.05, 3.63) is 63.6 Å². The van der Waals surface area contributed by atoms with Gasteiger partial charge in [0.05, 0.1) is 34.4 Å². The number of rotatable bonds is 5. The molecule has 10 heteroatoms. The predicted octanol–water partition coefficient (Wildman–Crippen LogP) is 6.29. The molecule has 0 spiro atoms. The van der Waals surface area contributed by atoms with Crippen LogP contribution in [0, 0.1) is 17.4 Å². The first-order valence-corrected chi connectivity index (χ1v) is 10.7. The van der Waals surface area contributed by atoms with Crippen molar-refractivity contribution in [2.45, 2.75) is 32.4 Å². The standard InChI is InChI=1S/C22H20Cl2F3N5/c1-2-4-16-12-32(31-20(16)15-7-8-18(23)19(24)10-15)21(29-13-28)30-17-6-3-5-14(9-17)11-22(25,26)27/h3,5-10,16H,2,4,11-12H2,1H3,(H,29,30). The SMILES string of the molecule is CCCC1CN(C(=Nc2cccc(CC(F)(F)F)c2)NC#N)N=C1c1ccc(Cl)c(Cl)c1. The number of hydrazone groups is 1. The Balaban J connectivity index is 1.95. The highest BCUT2D eigenvalue weighted by Gasteiger charge is 2.30. The normalized spacial score (nSPS) is 16.7. The number of nitriles is 1. The average molecular weight is 482 g/mol. The van der Waals surface area contributed by atoms with Crippen molar-refractivity contribution < 1.29 is 13.2 Å². The van der Waals surface area contributed by atoms with Crippen LogP contribution < -0.4 is 5.32 Å². The number of nitrogens with one attached hydrogen (secondary N) is 1. The third kappa shape index (κ3) is 6.15. The van der Waals surface area contributed by atoms with Gasteiger partial charge in [-0.25, -0.2) is 10.0 Å². The smallest absolute Gasteiger partial charge is 0.261 e. The molecule has 32 heavy (non-hydrogen) atoms. The molecule has 168 valence electrons. The second-order valence-electron chi connectivity index (χ2n) is 7.32. The third-order valence-electron chi connectivity index (χ3n) is 4.82. The van der Waals surface area contributed by atoms with E-state index in [4.69, 9.17) is 23.2 Å². The lowest BCUT2D eigenvalue weighted by Gasteiger charge is -2.16. The number of aliphatic imine (C=N–C) groups is 1. The zero-order chi connectivity index (χ0) is 23.3. The van der Waals surface area contributed by atoms with Gasteiger partial charge < -0.3 is 0 Å². The van der Waals surface area contributed by atoms with E-state index in [-0.39, 0.29) is 23.1 Å². The fraction of sp³-hybridized carbons (Fsp3) is 0.318. The molecular formula is C22H20Cl2F3N5. The molecule has 0 amide bonds. The predicted molar refractivity (Wildman–Crippen MR) is 120 cm³/mol. The lowest BCUT2D eigenvalue weighted by Crippen LogP contribution is -2.35. The second kappa shape index (κ2) is 10.2. The number of alkyl halides is 3. The van der Waals surface area contributed by atoms with Gasteiger partial charge in [-0.1, -0.05) is 54.7 Å². The summed E-state index contributed by atoms with van der Waals surface area (Å²) in [5, 5.41) is 18.8. The van der Waals surface area contributed by atoms with Gasteiger partial charge in [-0.05, 0) is 41.8 Å². The van der Waals surface area contributed by atoms with E-state index >= 15 is 0 Å². The molecule has 0 fully saturated rings. The van der Waals surface area contributed by atoms with Crippen LogP contribution >= 0.6 is 23.2 Å². The summed E-state index contributed by atoms with van der Waals surface area (Å²) in [7, 11) is 0. The molecule has 1 aliphatic rings. The van der Waals surface area contributed by atoms with Crippen molar-refractivity contribution in [2.24, 2.45) is 16.0 Å². The van der Waals surface area contributed by atoms with Crippen LogP contribution in [0.15, 0.2) is 52.6 Å². The van der Waals surface area contributed by atoms with Crippen LogP contribution in [0.5, 0.6) is 0 Å². The Hall–Kier alpha value is -2.76. The van der Waals surface area contributed by atoms with Crippen LogP contribution in [0.1, 0.15) is 30.9 Å². The number of nitrogens with zero attached hydrogens (tertiary/aromatic N) is 4. The molecule has 0 aliphatic carbocycles. The molecule has 3 rings (SSSR count). The zero-order valence-electron chi connectivity index (χ0n) is 17.1. The van der Waals surface area contributed by atoms with E-state index in [0.29, 0.717) is 16.6 Å². The molecule has 1 N–H and O–H groups in total. The van der Waals surface area contributed by atoms with E-state index in [9.17, 15) is 18.4 Å². The molecule has 0 saturated heterocycles. The first-order chi connectivity index (χ1) is 15.2. The minimum atomic E-state index is -4.32. The van der Waals surface area contributed by atoms with E-state index < -0.39 is 12.6 Å². The number of hydrogen-bond donors (Lipinski definition) is 1. The summed E-state index contributed by atoms with van der Waals surface area (Å²) < 4.78 is 38.2. The molecule has 2 aromatic carbocycles.